The Kier molecular flexibility index (Phi) is 5.71. The highest BCUT2D eigenvalue weighted by molar-refractivity contribution is 5.77. The lowest BCUT2D eigenvalue weighted by atomic mass is 10.0. The Morgan fingerprint density at radius 3 is 2.71 bits per heavy atom. The average molecular weight is 334 g/mol. The van der Waals surface area contributed by atoms with Gasteiger partial charge in [-0.3, -0.25) is 18.8 Å². The highest BCUT2D eigenvalue weighted by atomic mass is 16.2. The fourth-order valence-electron chi connectivity index (χ4n) is 2.80. The molecule has 0 radical (unpaired) electrons. The number of likely N-dealkylation sites (N-methyl/N-ethyl adjacent to an activating group) is 1. The maximum Gasteiger partial charge on any atom is 0.264 e. The molecule has 0 saturated carbocycles. The summed E-state index contributed by atoms with van der Waals surface area (Å²) < 4.78 is 2.86. The lowest BCUT2D eigenvalue weighted by molar-refractivity contribution is -0.122. The minimum atomic E-state index is -0.253. The van der Waals surface area contributed by atoms with Gasteiger partial charge in [-0.05, 0) is 26.4 Å². The third-order valence-corrected chi connectivity index (χ3v) is 3.74. The fraction of sp³-hybridized carbons (Fsp3) is 0.625. The molecule has 1 N–H and O–H groups in total. The molecule has 1 atom stereocenters. The van der Waals surface area contributed by atoms with Crippen LogP contribution in [-0.4, -0.2) is 56.8 Å². The Hall–Kier alpha value is -2.22. The molecule has 132 valence electrons. The van der Waals surface area contributed by atoms with E-state index in [1.54, 1.807) is 7.05 Å². The Labute approximate surface area is 141 Å². The number of nitrogens with one attached hydrogen (secondary N) is 1. The van der Waals surface area contributed by atoms with E-state index in [9.17, 15) is 9.59 Å². The van der Waals surface area contributed by atoms with Gasteiger partial charge in [-0.25, -0.2) is 4.98 Å². The van der Waals surface area contributed by atoms with Gasteiger partial charge in [-0.2, -0.15) is 5.10 Å². The molecule has 0 bridgehead atoms. The van der Waals surface area contributed by atoms with Crippen molar-refractivity contribution < 1.29 is 4.79 Å². The summed E-state index contributed by atoms with van der Waals surface area (Å²) in [4.78, 5) is 31.0. The molecule has 2 rings (SSSR count). The summed E-state index contributed by atoms with van der Waals surface area (Å²) in [6.07, 6.45) is 3.76. The predicted octanol–water partition coefficient (Wildman–Crippen LogP) is 0.223. The number of aryl methyl sites for hydroxylation is 1. The van der Waals surface area contributed by atoms with Gasteiger partial charge in [-0.1, -0.05) is 13.8 Å². The summed E-state index contributed by atoms with van der Waals surface area (Å²) in [6, 6.07) is 0.0540. The van der Waals surface area contributed by atoms with Crippen molar-refractivity contribution in [2.45, 2.75) is 32.9 Å². The molecule has 0 spiro atoms. The van der Waals surface area contributed by atoms with Gasteiger partial charge in [0, 0.05) is 19.6 Å². The van der Waals surface area contributed by atoms with E-state index < -0.39 is 0 Å². The van der Waals surface area contributed by atoms with E-state index in [-0.39, 0.29) is 24.1 Å². The van der Waals surface area contributed by atoms with Gasteiger partial charge >= 0.3 is 0 Å². The molecule has 2 heterocycles. The predicted molar refractivity (Wildman–Crippen MR) is 92.7 cm³/mol. The largest absolute Gasteiger partial charge is 0.351 e. The second kappa shape index (κ2) is 7.57. The number of hydrogen-bond donors (Lipinski definition) is 1. The van der Waals surface area contributed by atoms with Gasteiger partial charge in [0.15, 0.2) is 5.65 Å². The minimum Gasteiger partial charge on any atom is -0.351 e. The van der Waals surface area contributed by atoms with Crippen LogP contribution in [0.3, 0.4) is 0 Å². The molecule has 0 unspecified atom stereocenters. The number of hydrogen-bond acceptors (Lipinski definition) is 5. The van der Waals surface area contributed by atoms with Crippen molar-refractivity contribution in [1.29, 1.82) is 0 Å². The molecule has 0 aliphatic carbocycles. The van der Waals surface area contributed by atoms with Gasteiger partial charge in [0.05, 0.1) is 6.20 Å². The van der Waals surface area contributed by atoms with Crippen LogP contribution in [0, 0.1) is 5.92 Å². The number of carbonyl (C=O) groups is 1. The number of rotatable bonds is 7. The van der Waals surface area contributed by atoms with Crippen LogP contribution in [-0.2, 0) is 18.4 Å². The Morgan fingerprint density at radius 1 is 1.38 bits per heavy atom. The first-order valence-corrected chi connectivity index (χ1v) is 8.09. The number of nitrogens with zero attached hydrogens (tertiary/aromatic N) is 5. The average Bonchev–Trinajstić information content (AvgIpc) is 2.82. The first-order chi connectivity index (χ1) is 11.3. The van der Waals surface area contributed by atoms with Crippen molar-refractivity contribution in [1.82, 2.24) is 29.5 Å². The SMILES string of the molecule is CC(C)C[C@@H](CN(C)C)NC(=O)Cn1cnc2c(cnn2C)c1=O. The Morgan fingerprint density at radius 2 is 2.08 bits per heavy atom. The van der Waals surface area contributed by atoms with Gasteiger partial charge < -0.3 is 10.2 Å². The Balaban J connectivity index is 2.10. The van der Waals surface area contributed by atoms with E-state index in [1.165, 1.54) is 21.8 Å². The number of carbonyl (C=O) groups excluding carboxylic acids is 1. The standard InChI is InChI=1S/C16H26N6O2/c1-11(2)6-12(8-20(3)4)19-14(23)9-22-10-17-15-13(16(22)24)7-18-21(15)5/h7,10-12H,6,8-9H2,1-5H3,(H,19,23)/t12-/m0/s1. The van der Waals surface area contributed by atoms with E-state index in [0.717, 1.165) is 13.0 Å². The summed E-state index contributed by atoms with van der Waals surface area (Å²) in [6.45, 7) is 4.97. The maximum absolute atomic E-state index is 12.4. The van der Waals surface area contributed by atoms with E-state index in [4.69, 9.17) is 0 Å². The zero-order valence-electron chi connectivity index (χ0n) is 15.0. The smallest absolute Gasteiger partial charge is 0.264 e. The number of fused-ring (bicyclic) bond motifs is 1. The molecule has 2 aromatic rings. The van der Waals surface area contributed by atoms with E-state index >= 15 is 0 Å². The maximum atomic E-state index is 12.4. The van der Waals surface area contributed by atoms with Crippen molar-refractivity contribution in [2.24, 2.45) is 13.0 Å². The van der Waals surface area contributed by atoms with Crippen LogP contribution in [0.15, 0.2) is 17.3 Å². The molecule has 8 nitrogen and oxygen atoms in total. The summed E-state index contributed by atoms with van der Waals surface area (Å²) in [7, 11) is 5.68. The van der Waals surface area contributed by atoms with E-state index in [2.05, 4.69) is 29.2 Å². The minimum absolute atomic E-state index is 0.0430. The Bertz CT molecular complexity index is 752. The van der Waals surface area contributed by atoms with E-state index in [0.29, 0.717) is 17.0 Å². The number of aromatic nitrogens is 4. The second-order valence-electron chi connectivity index (χ2n) is 6.84. The second-order valence-corrected chi connectivity index (χ2v) is 6.84. The summed E-state index contributed by atoms with van der Waals surface area (Å²) in [5.41, 5.74) is 0.262. The van der Waals surface area contributed by atoms with Gasteiger partial charge in [0.2, 0.25) is 5.91 Å². The van der Waals surface area contributed by atoms with Crippen LogP contribution in [0.25, 0.3) is 11.0 Å². The summed E-state index contributed by atoms with van der Waals surface area (Å²) in [5.74, 6) is 0.293. The molecule has 2 aromatic heterocycles. The van der Waals surface area contributed by atoms with Gasteiger partial charge in [0.25, 0.3) is 5.56 Å². The molecule has 0 aliphatic heterocycles. The normalized spacial score (nSPS) is 13.0. The van der Waals surface area contributed by atoms with Crippen LogP contribution in [0.2, 0.25) is 0 Å². The first-order valence-electron chi connectivity index (χ1n) is 8.09. The van der Waals surface area contributed by atoms with E-state index in [1.807, 2.05) is 19.0 Å². The highest BCUT2D eigenvalue weighted by Gasteiger charge is 2.16. The van der Waals surface area contributed by atoms with Crippen molar-refractivity contribution >= 4 is 16.9 Å². The topological polar surface area (TPSA) is 85.1 Å². The van der Waals surface area contributed by atoms with Crippen molar-refractivity contribution in [3.63, 3.8) is 0 Å². The van der Waals surface area contributed by atoms with Gasteiger partial charge in [-0.15, -0.1) is 0 Å². The molecule has 24 heavy (non-hydrogen) atoms. The van der Waals surface area contributed by atoms with Crippen LogP contribution in [0.5, 0.6) is 0 Å². The highest BCUT2D eigenvalue weighted by Crippen LogP contribution is 2.06. The molecular formula is C16H26N6O2. The van der Waals surface area contributed by atoms with Crippen LogP contribution >= 0.6 is 0 Å². The van der Waals surface area contributed by atoms with Crippen molar-refractivity contribution in [3.05, 3.63) is 22.9 Å². The summed E-state index contributed by atoms with van der Waals surface area (Å²) >= 11 is 0. The molecule has 8 heteroatoms. The molecule has 0 aliphatic rings. The molecule has 0 aromatic carbocycles. The lowest BCUT2D eigenvalue weighted by Crippen LogP contribution is -2.44. The van der Waals surface area contributed by atoms with Gasteiger partial charge in [0.1, 0.15) is 18.3 Å². The van der Waals surface area contributed by atoms with Crippen LogP contribution < -0.4 is 10.9 Å². The lowest BCUT2D eigenvalue weighted by Gasteiger charge is -2.24. The third kappa shape index (κ3) is 4.41. The monoisotopic (exact) mass is 334 g/mol. The zero-order valence-corrected chi connectivity index (χ0v) is 15.0. The van der Waals surface area contributed by atoms with Crippen molar-refractivity contribution in [2.75, 3.05) is 20.6 Å². The van der Waals surface area contributed by atoms with Crippen molar-refractivity contribution in [3.8, 4) is 0 Å². The van der Waals surface area contributed by atoms with Crippen LogP contribution in [0.1, 0.15) is 20.3 Å². The molecular weight excluding hydrogens is 308 g/mol. The third-order valence-electron chi connectivity index (χ3n) is 3.74. The number of amides is 1. The molecule has 0 saturated heterocycles. The fourth-order valence-corrected chi connectivity index (χ4v) is 2.80. The molecule has 1 amide bonds. The first kappa shape index (κ1) is 18.1. The quantitative estimate of drug-likeness (QED) is 0.783. The summed E-state index contributed by atoms with van der Waals surface area (Å²) in [5, 5.41) is 7.46. The zero-order chi connectivity index (χ0) is 17.9. The van der Waals surface area contributed by atoms with Crippen LogP contribution in [0.4, 0.5) is 0 Å². The molecule has 0 fully saturated rings.